The number of hydrogen-bond acceptors (Lipinski definition) is 7. The summed E-state index contributed by atoms with van der Waals surface area (Å²) in [4.78, 5) is 23.1. The van der Waals surface area contributed by atoms with Crippen molar-refractivity contribution in [1.29, 1.82) is 0 Å². The molecule has 1 heterocycles. The van der Waals surface area contributed by atoms with E-state index in [1.807, 2.05) is 0 Å². The molecule has 1 saturated heterocycles. The van der Waals surface area contributed by atoms with E-state index in [1.165, 1.54) is 0 Å². The third-order valence-corrected chi connectivity index (χ3v) is 5.00. The van der Waals surface area contributed by atoms with Gasteiger partial charge in [-0.2, -0.15) is 34.8 Å². The van der Waals surface area contributed by atoms with E-state index in [1.54, 1.807) is 6.92 Å². The van der Waals surface area contributed by atoms with Gasteiger partial charge in [-0.15, -0.1) is 0 Å². The molecule has 1 fully saturated rings. The van der Waals surface area contributed by atoms with E-state index < -0.39 is 64.0 Å². The second-order valence-corrected chi connectivity index (χ2v) is 7.98. The Kier molecular flexibility index (Phi) is 7.57. The molecule has 0 radical (unpaired) electrons. The molecule has 1 rings (SSSR count). The van der Waals surface area contributed by atoms with Gasteiger partial charge in [0.15, 0.2) is 0 Å². The molecule has 0 spiro atoms. The molecule has 0 aliphatic carbocycles. The Morgan fingerprint density at radius 2 is 1.52 bits per heavy atom. The second kappa shape index (κ2) is 8.63. The molecule has 0 amide bonds. The topological polar surface area (TPSA) is 116 Å². The molecule has 0 atom stereocenters. The van der Waals surface area contributed by atoms with Crippen LogP contribution in [0.25, 0.3) is 0 Å². The van der Waals surface area contributed by atoms with Crippen LogP contribution in [0.4, 0.5) is 26.3 Å². The highest BCUT2D eigenvalue weighted by atomic mass is 32.2. The van der Waals surface area contributed by atoms with E-state index in [0.717, 1.165) is 0 Å². The maximum absolute atomic E-state index is 13.0. The lowest BCUT2D eigenvalue weighted by atomic mass is 9.84. The number of halogens is 6. The Hall–Kier alpha value is -1.61. The van der Waals surface area contributed by atoms with Gasteiger partial charge in [-0.05, 0) is 6.42 Å². The number of carbonyl (C=O) groups excluding carboxylic acids is 2. The lowest BCUT2D eigenvalue weighted by molar-refractivity contribution is -0.361. The Bertz CT molecular complexity index is 691. The Morgan fingerprint density at radius 1 is 1.03 bits per heavy atom. The van der Waals surface area contributed by atoms with E-state index in [9.17, 15) is 44.3 Å². The number of alkyl halides is 6. The van der Waals surface area contributed by atoms with Gasteiger partial charge in [0, 0.05) is 0 Å². The molecular weight excluding hydrogens is 442 g/mol. The Labute approximate surface area is 161 Å². The quantitative estimate of drug-likeness (QED) is 0.316. The molecule has 29 heavy (non-hydrogen) atoms. The van der Waals surface area contributed by atoms with Crippen molar-refractivity contribution in [2.75, 3.05) is 25.6 Å². The zero-order valence-corrected chi connectivity index (χ0v) is 15.7. The minimum atomic E-state index is -6.42. The summed E-state index contributed by atoms with van der Waals surface area (Å²) in [5, 5.41) is 0. The van der Waals surface area contributed by atoms with Crippen LogP contribution in [-0.4, -0.2) is 68.4 Å². The first kappa shape index (κ1) is 25.4. The first-order valence-electron chi connectivity index (χ1n) is 8.01. The fourth-order valence-corrected chi connectivity index (χ4v) is 3.16. The summed E-state index contributed by atoms with van der Waals surface area (Å²) in [5.41, 5.74) is -5.93. The molecule has 8 nitrogen and oxygen atoms in total. The van der Waals surface area contributed by atoms with Crippen molar-refractivity contribution in [1.82, 2.24) is 0 Å². The van der Waals surface area contributed by atoms with Crippen LogP contribution in [0.15, 0.2) is 0 Å². The van der Waals surface area contributed by atoms with Crippen molar-refractivity contribution in [3.05, 3.63) is 0 Å². The largest absolute Gasteiger partial charge is 0.465 e. The van der Waals surface area contributed by atoms with Crippen molar-refractivity contribution in [2.24, 2.45) is 5.41 Å². The van der Waals surface area contributed by atoms with Gasteiger partial charge in [0.05, 0.1) is 31.5 Å². The van der Waals surface area contributed by atoms with Gasteiger partial charge in [-0.25, -0.2) is 0 Å². The molecule has 15 heteroatoms. The SMILES string of the molecule is CCC1(COC(=O)CCC(=O)OC(CS(=O)(=O)O)(C(F)(F)F)C(F)(F)F)COC1. The van der Waals surface area contributed by atoms with E-state index in [0.29, 0.717) is 19.6 Å². The van der Waals surface area contributed by atoms with Gasteiger partial charge in [0.2, 0.25) is 0 Å². The van der Waals surface area contributed by atoms with E-state index in [-0.39, 0.29) is 6.61 Å². The summed E-state index contributed by atoms with van der Waals surface area (Å²) in [7, 11) is -5.87. The lowest BCUT2D eigenvalue weighted by Crippen LogP contribution is -2.63. The average molecular weight is 460 g/mol. The number of carbonyl (C=O) groups is 2. The van der Waals surface area contributed by atoms with Crippen molar-refractivity contribution >= 4 is 22.1 Å². The van der Waals surface area contributed by atoms with Crippen LogP contribution in [0.2, 0.25) is 0 Å². The number of ether oxygens (including phenoxy) is 3. The molecular formula is C14H18F6O8S. The molecule has 1 aliphatic rings. The third-order valence-electron chi connectivity index (χ3n) is 4.23. The highest BCUT2D eigenvalue weighted by Crippen LogP contribution is 2.47. The summed E-state index contributed by atoms with van der Waals surface area (Å²) in [5.74, 6) is -6.22. The molecule has 0 aromatic rings. The van der Waals surface area contributed by atoms with E-state index >= 15 is 0 Å². The predicted molar refractivity (Wildman–Crippen MR) is 81.1 cm³/mol. The monoisotopic (exact) mass is 460 g/mol. The van der Waals surface area contributed by atoms with Crippen molar-refractivity contribution < 1.29 is 63.1 Å². The van der Waals surface area contributed by atoms with Crippen LogP contribution in [0.1, 0.15) is 26.2 Å². The fraction of sp³-hybridized carbons (Fsp3) is 0.857. The van der Waals surface area contributed by atoms with Crippen LogP contribution in [-0.2, 0) is 33.9 Å². The summed E-state index contributed by atoms with van der Waals surface area (Å²) >= 11 is 0. The molecule has 0 aromatic heterocycles. The number of hydrogen-bond donors (Lipinski definition) is 1. The van der Waals surface area contributed by atoms with Crippen LogP contribution in [0, 0.1) is 5.41 Å². The van der Waals surface area contributed by atoms with Gasteiger partial charge >= 0.3 is 29.9 Å². The fourth-order valence-electron chi connectivity index (χ4n) is 2.26. The lowest BCUT2D eigenvalue weighted by Gasteiger charge is -2.39. The van der Waals surface area contributed by atoms with E-state index in [4.69, 9.17) is 14.0 Å². The first-order chi connectivity index (χ1) is 13.0. The van der Waals surface area contributed by atoms with Crippen molar-refractivity contribution in [3.63, 3.8) is 0 Å². The van der Waals surface area contributed by atoms with Gasteiger partial charge in [-0.1, -0.05) is 6.92 Å². The van der Waals surface area contributed by atoms with Gasteiger partial charge in [0.1, 0.15) is 12.4 Å². The predicted octanol–water partition coefficient (Wildman–Crippen LogP) is 2.03. The number of rotatable bonds is 9. The summed E-state index contributed by atoms with van der Waals surface area (Å²) in [6.45, 7) is 2.27. The highest BCUT2D eigenvalue weighted by molar-refractivity contribution is 7.85. The minimum absolute atomic E-state index is 0.116. The van der Waals surface area contributed by atoms with Crippen LogP contribution < -0.4 is 0 Å². The smallest absolute Gasteiger partial charge is 0.438 e. The molecule has 170 valence electrons. The highest BCUT2D eigenvalue weighted by Gasteiger charge is 2.75. The Morgan fingerprint density at radius 3 is 1.86 bits per heavy atom. The average Bonchev–Trinajstić information content (AvgIpc) is 2.48. The molecule has 1 aliphatic heterocycles. The normalized spacial score (nSPS) is 17.4. The Balaban J connectivity index is 2.81. The minimum Gasteiger partial charge on any atom is -0.465 e. The molecule has 0 saturated carbocycles. The molecule has 0 bridgehead atoms. The van der Waals surface area contributed by atoms with E-state index in [2.05, 4.69) is 4.74 Å². The molecule has 0 unspecified atom stereocenters. The summed E-state index contributed by atoms with van der Waals surface area (Å²) < 4.78 is 121. The third kappa shape index (κ3) is 6.44. The maximum Gasteiger partial charge on any atom is 0.438 e. The van der Waals surface area contributed by atoms with Crippen LogP contribution in [0.3, 0.4) is 0 Å². The first-order valence-corrected chi connectivity index (χ1v) is 9.62. The zero-order valence-electron chi connectivity index (χ0n) is 14.9. The van der Waals surface area contributed by atoms with Gasteiger partial charge in [0.25, 0.3) is 10.1 Å². The second-order valence-electron chi connectivity index (χ2n) is 6.53. The standard InChI is InChI=1S/C14H18F6O8S/c1-2-11(5-26-6-11)7-27-9(21)3-4-10(22)28-12(13(15,16)17,14(18,19)20)8-29(23,24)25/h2-8H2,1H3,(H,23,24,25). The maximum atomic E-state index is 13.0. The molecule has 0 aromatic carbocycles. The summed E-state index contributed by atoms with van der Waals surface area (Å²) in [6.07, 6.45) is -14.4. The van der Waals surface area contributed by atoms with Gasteiger partial charge < -0.3 is 14.2 Å². The van der Waals surface area contributed by atoms with Crippen LogP contribution >= 0.6 is 0 Å². The van der Waals surface area contributed by atoms with Crippen LogP contribution in [0.5, 0.6) is 0 Å². The van der Waals surface area contributed by atoms with Crippen molar-refractivity contribution in [3.8, 4) is 0 Å². The number of esters is 2. The zero-order chi connectivity index (χ0) is 22.7. The summed E-state index contributed by atoms with van der Waals surface area (Å²) in [6, 6.07) is 0. The molecule has 1 N–H and O–H groups in total. The van der Waals surface area contributed by atoms with Crippen molar-refractivity contribution in [2.45, 2.75) is 44.1 Å². The van der Waals surface area contributed by atoms with Gasteiger partial charge in [-0.3, -0.25) is 14.1 Å².